The summed E-state index contributed by atoms with van der Waals surface area (Å²) < 4.78 is 42.0. The molecule has 0 saturated carbocycles. The quantitative estimate of drug-likeness (QED) is 0.282. The summed E-state index contributed by atoms with van der Waals surface area (Å²) >= 11 is 0. The Morgan fingerprint density at radius 1 is 1.10 bits per heavy atom. The zero-order valence-electron chi connectivity index (χ0n) is 21.0. The zero-order chi connectivity index (χ0) is 28.1. The fourth-order valence-electron chi connectivity index (χ4n) is 4.15. The van der Waals surface area contributed by atoms with Gasteiger partial charge in [-0.1, -0.05) is 18.2 Å². The van der Waals surface area contributed by atoms with E-state index < -0.39 is 24.0 Å². The molecule has 0 spiro atoms. The molecule has 3 N–H and O–H groups in total. The molecule has 5 rings (SSSR count). The Morgan fingerprint density at radius 3 is 2.62 bits per heavy atom. The molecular formula is C28H24F3N7O2. The number of pyridine rings is 3. The van der Waals surface area contributed by atoms with E-state index in [0.717, 1.165) is 16.3 Å². The van der Waals surface area contributed by atoms with Crippen LogP contribution in [-0.2, 0) is 17.5 Å². The van der Waals surface area contributed by atoms with Crippen LogP contribution in [0.1, 0.15) is 17.7 Å². The molecule has 0 aliphatic heterocycles. The van der Waals surface area contributed by atoms with Crippen molar-refractivity contribution in [1.29, 1.82) is 0 Å². The van der Waals surface area contributed by atoms with Gasteiger partial charge in [0, 0.05) is 36.9 Å². The lowest BCUT2D eigenvalue weighted by Gasteiger charge is -2.21. The van der Waals surface area contributed by atoms with Crippen LogP contribution < -0.4 is 10.6 Å². The van der Waals surface area contributed by atoms with E-state index in [2.05, 4.69) is 30.7 Å². The Bertz CT molecular complexity index is 1520. The maximum Gasteiger partial charge on any atom is 0.433 e. The highest BCUT2D eigenvalue weighted by Gasteiger charge is 2.36. The molecule has 4 aromatic rings. The fourth-order valence-corrected chi connectivity index (χ4v) is 4.15. The average molecular weight is 548 g/mol. The molecule has 0 fully saturated rings. The normalized spacial score (nSPS) is 15.8. The second-order valence-electron chi connectivity index (χ2n) is 9.00. The van der Waals surface area contributed by atoms with Crippen molar-refractivity contribution in [3.05, 3.63) is 109 Å². The van der Waals surface area contributed by atoms with Gasteiger partial charge < -0.3 is 15.7 Å². The molecule has 9 nitrogen and oxygen atoms in total. The number of carbonyl (C=O) groups is 1. The van der Waals surface area contributed by atoms with Gasteiger partial charge in [-0.15, -0.1) is 0 Å². The van der Waals surface area contributed by atoms with Crippen LogP contribution in [0.2, 0.25) is 0 Å². The van der Waals surface area contributed by atoms with Crippen molar-refractivity contribution in [2.75, 3.05) is 5.32 Å². The number of halogens is 3. The molecule has 2 unspecified atom stereocenters. The van der Waals surface area contributed by atoms with Gasteiger partial charge in [-0.25, -0.2) is 9.67 Å². The third-order valence-corrected chi connectivity index (χ3v) is 6.20. The van der Waals surface area contributed by atoms with E-state index in [-0.39, 0.29) is 23.1 Å². The van der Waals surface area contributed by atoms with Gasteiger partial charge in [-0.3, -0.25) is 14.8 Å². The number of nitrogens with one attached hydrogen (secondary N) is 2. The molecule has 1 amide bonds. The second kappa shape index (κ2) is 11.5. The smallest absolute Gasteiger partial charge is 0.369 e. The first-order valence-corrected chi connectivity index (χ1v) is 12.3. The van der Waals surface area contributed by atoms with Crippen LogP contribution in [0.4, 0.5) is 19.0 Å². The zero-order valence-corrected chi connectivity index (χ0v) is 21.0. The van der Waals surface area contributed by atoms with Crippen LogP contribution in [-0.4, -0.2) is 42.0 Å². The summed E-state index contributed by atoms with van der Waals surface area (Å²) in [6.45, 7) is 0.359. The lowest BCUT2D eigenvalue weighted by Crippen LogP contribution is -2.31. The van der Waals surface area contributed by atoms with E-state index in [0.29, 0.717) is 24.1 Å². The number of hydrogen-bond acceptors (Lipinski definition) is 7. The number of allylic oxidation sites excluding steroid dienone is 1. The van der Waals surface area contributed by atoms with Gasteiger partial charge in [-0.05, 0) is 60.0 Å². The lowest BCUT2D eigenvalue weighted by molar-refractivity contribution is -0.142. The SMILES string of the molecule is O=C(NCc1ccncc1)C1C=C(C(O)Nc2ccc(-n3nc(-c4cccnc4)cc3C(F)(F)F)cn2)C=CC1. The van der Waals surface area contributed by atoms with Crippen molar-refractivity contribution < 1.29 is 23.1 Å². The van der Waals surface area contributed by atoms with Crippen molar-refractivity contribution in [2.45, 2.75) is 25.4 Å². The maximum absolute atomic E-state index is 13.8. The molecule has 0 saturated heterocycles. The number of nitrogens with zero attached hydrogens (tertiary/aromatic N) is 5. The van der Waals surface area contributed by atoms with Crippen LogP contribution in [0.5, 0.6) is 0 Å². The summed E-state index contributed by atoms with van der Waals surface area (Å²) in [4.78, 5) is 24.7. The van der Waals surface area contributed by atoms with Gasteiger partial charge in [0.25, 0.3) is 0 Å². The first-order valence-electron chi connectivity index (χ1n) is 12.3. The summed E-state index contributed by atoms with van der Waals surface area (Å²) in [5, 5.41) is 20.5. The lowest BCUT2D eigenvalue weighted by atomic mass is 9.94. The number of aromatic nitrogens is 5. The Hall–Kier alpha value is -4.84. The van der Waals surface area contributed by atoms with Crippen LogP contribution in [0, 0.1) is 5.92 Å². The predicted molar refractivity (Wildman–Crippen MR) is 141 cm³/mol. The first-order chi connectivity index (χ1) is 19.3. The molecule has 0 aromatic carbocycles. The summed E-state index contributed by atoms with van der Waals surface area (Å²) in [7, 11) is 0. The minimum Gasteiger partial charge on any atom is -0.369 e. The van der Waals surface area contributed by atoms with Crippen molar-refractivity contribution in [3.63, 3.8) is 0 Å². The number of amides is 1. The van der Waals surface area contributed by atoms with E-state index in [4.69, 9.17) is 0 Å². The summed E-state index contributed by atoms with van der Waals surface area (Å²) in [5.41, 5.74) is 1.08. The number of aliphatic hydroxyl groups excluding tert-OH is 1. The van der Waals surface area contributed by atoms with Gasteiger partial charge in [0.2, 0.25) is 5.91 Å². The Kier molecular flexibility index (Phi) is 7.69. The largest absolute Gasteiger partial charge is 0.433 e. The molecule has 204 valence electrons. The molecule has 2 atom stereocenters. The molecule has 4 heterocycles. The first kappa shape index (κ1) is 26.8. The summed E-state index contributed by atoms with van der Waals surface area (Å²) in [6.07, 6.45) is 7.29. The number of aliphatic hydroxyl groups is 1. The standard InChI is InChI=1S/C28H24F3N7O2/c29-28(30,31)24-14-23(21-5-2-10-33-16-21)37-38(24)22-6-7-25(34-17-22)36-27(40)20-4-1-3-19(13-20)26(39)35-15-18-8-11-32-12-9-18/h1-2,4-14,16-17,19,27,40H,3,15H2,(H,34,36)(H,35,39). The summed E-state index contributed by atoms with van der Waals surface area (Å²) in [6, 6.07) is 10.7. The van der Waals surface area contributed by atoms with E-state index in [1.165, 1.54) is 30.7 Å². The number of hydrogen-bond donors (Lipinski definition) is 3. The van der Waals surface area contributed by atoms with Gasteiger partial charge in [0.05, 0.1) is 23.5 Å². The highest BCUT2D eigenvalue weighted by molar-refractivity contribution is 5.81. The summed E-state index contributed by atoms with van der Waals surface area (Å²) in [5.74, 6) is -0.426. The van der Waals surface area contributed by atoms with Crippen molar-refractivity contribution in [3.8, 4) is 16.9 Å². The molecule has 0 radical (unpaired) electrons. The molecule has 40 heavy (non-hydrogen) atoms. The molecule has 0 bridgehead atoms. The van der Waals surface area contributed by atoms with Gasteiger partial charge in [0.1, 0.15) is 11.5 Å². The van der Waals surface area contributed by atoms with Crippen LogP contribution in [0.25, 0.3) is 16.9 Å². The van der Waals surface area contributed by atoms with E-state index in [1.807, 2.05) is 12.1 Å². The van der Waals surface area contributed by atoms with Crippen LogP contribution in [0.15, 0.2) is 97.2 Å². The number of rotatable bonds is 8. The van der Waals surface area contributed by atoms with Crippen molar-refractivity contribution in [2.24, 2.45) is 5.92 Å². The number of anilines is 1. The van der Waals surface area contributed by atoms with E-state index >= 15 is 0 Å². The Balaban J connectivity index is 1.27. The highest BCUT2D eigenvalue weighted by atomic mass is 19.4. The van der Waals surface area contributed by atoms with Crippen molar-refractivity contribution in [1.82, 2.24) is 30.0 Å². The monoisotopic (exact) mass is 547 g/mol. The maximum atomic E-state index is 13.8. The Morgan fingerprint density at radius 2 is 1.93 bits per heavy atom. The molecule has 4 aromatic heterocycles. The third-order valence-electron chi connectivity index (χ3n) is 6.20. The number of alkyl halides is 3. The minimum absolute atomic E-state index is 0.0882. The van der Waals surface area contributed by atoms with Crippen LogP contribution >= 0.6 is 0 Å². The van der Waals surface area contributed by atoms with Crippen LogP contribution in [0.3, 0.4) is 0 Å². The average Bonchev–Trinajstić information content (AvgIpc) is 3.44. The highest BCUT2D eigenvalue weighted by Crippen LogP contribution is 2.34. The van der Waals surface area contributed by atoms with E-state index in [9.17, 15) is 23.1 Å². The molecule has 1 aliphatic carbocycles. The van der Waals surface area contributed by atoms with E-state index in [1.54, 1.807) is 42.8 Å². The van der Waals surface area contributed by atoms with Crippen molar-refractivity contribution >= 4 is 11.7 Å². The topological polar surface area (TPSA) is 118 Å². The van der Waals surface area contributed by atoms with Gasteiger partial charge >= 0.3 is 6.18 Å². The predicted octanol–water partition coefficient (Wildman–Crippen LogP) is 4.29. The second-order valence-corrected chi connectivity index (χ2v) is 9.00. The van der Waals surface area contributed by atoms with Gasteiger partial charge in [0.15, 0.2) is 6.23 Å². The Labute approximate surface area is 227 Å². The molecule has 12 heteroatoms. The minimum atomic E-state index is -4.65. The fraction of sp³-hybridized carbons (Fsp3) is 0.179. The molecular weight excluding hydrogens is 523 g/mol. The third kappa shape index (κ3) is 6.24. The molecule has 1 aliphatic rings. The number of carbonyl (C=O) groups excluding carboxylic acids is 1. The van der Waals surface area contributed by atoms with Gasteiger partial charge in [-0.2, -0.15) is 18.3 Å².